The third-order valence-corrected chi connectivity index (χ3v) is 3.43. The summed E-state index contributed by atoms with van der Waals surface area (Å²) in [5.74, 6) is 0. The van der Waals surface area contributed by atoms with Crippen LogP contribution in [0.3, 0.4) is 0 Å². The highest BCUT2D eigenvalue weighted by Gasteiger charge is 2.37. The van der Waals surface area contributed by atoms with Crippen LogP contribution in [0.5, 0.6) is 0 Å². The molecule has 1 aliphatic heterocycles. The van der Waals surface area contributed by atoms with Crippen molar-refractivity contribution in [3.63, 3.8) is 0 Å². The van der Waals surface area contributed by atoms with Gasteiger partial charge in [-0.1, -0.05) is 23.2 Å². The lowest BCUT2D eigenvalue weighted by Crippen LogP contribution is -2.29. The molecule has 2 nitrogen and oxygen atoms in total. The number of aliphatic hydroxyl groups is 1. The number of β-amino-alcohol motifs (C(OH)–C–C–N with tert-alkyl or cyclic N) is 1. The number of benzene rings is 1. The maximum Gasteiger partial charge on any atom is 0.105 e. The fourth-order valence-corrected chi connectivity index (χ4v) is 2.52. The van der Waals surface area contributed by atoms with E-state index in [2.05, 4.69) is 4.90 Å². The number of likely N-dealkylation sites (N-methyl/N-ethyl adjacent to an activating group) is 1. The van der Waals surface area contributed by atoms with Gasteiger partial charge >= 0.3 is 0 Å². The van der Waals surface area contributed by atoms with Crippen LogP contribution in [-0.2, 0) is 5.60 Å². The van der Waals surface area contributed by atoms with Gasteiger partial charge in [0.25, 0.3) is 0 Å². The monoisotopic (exact) mass is 245 g/mol. The molecule has 82 valence electrons. The molecule has 0 aliphatic carbocycles. The number of rotatable bonds is 1. The van der Waals surface area contributed by atoms with Crippen LogP contribution in [0.4, 0.5) is 0 Å². The number of hydrogen-bond acceptors (Lipinski definition) is 2. The van der Waals surface area contributed by atoms with Crippen LogP contribution in [0.15, 0.2) is 18.2 Å². The highest BCUT2D eigenvalue weighted by atomic mass is 35.5. The average molecular weight is 246 g/mol. The van der Waals surface area contributed by atoms with Gasteiger partial charge in [0.2, 0.25) is 0 Å². The van der Waals surface area contributed by atoms with Crippen LogP contribution < -0.4 is 0 Å². The summed E-state index contributed by atoms with van der Waals surface area (Å²) >= 11 is 12.0. The zero-order valence-electron chi connectivity index (χ0n) is 8.50. The molecule has 0 bridgehead atoms. The smallest absolute Gasteiger partial charge is 0.105 e. The summed E-state index contributed by atoms with van der Waals surface area (Å²) in [5.41, 5.74) is -0.113. The zero-order valence-corrected chi connectivity index (χ0v) is 10.0. The molecule has 1 heterocycles. The highest BCUT2D eigenvalue weighted by molar-refractivity contribution is 6.33. The van der Waals surface area contributed by atoms with Crippen LogP contribution in [-0.4, -0.2) is 30.1 Å². The molecule has 0 radical (unpaired) electrons. The third-order valence-electron chi connectivity index (χ3n) is 2.87. The zero-order chi connectivity index (χ0) is 11.1. The van der Waals surface area contributed by atoms with Gasteiger partial charge in [-0.05, 0) is 31.7 Å². The maximum atomic E-state index is 10.5. The second-order valence-corrected chi connectivity index (χ2v) is 4.99. The van der Waals surface area contributed by atoms with E-state index in [4.69, 9.17) is 23.2 Å². The molecule has 1 aromatic rings. The summed E-state index contributed by atoms with van der Waals surface area (Å²) in [6.45, 7) is 1.48. The molecule has 1 unspecified atom stereocenters. The first-order chi connectivity index (χ1) is 7.01. The number of nitrogens with zero attached hydrogens (tertiary/aromatic N) is 1. The summed E-state index contributed by atoms with van der Waals surface area (Å²) < 4.78 is 0. The number of hydrogen-bond donors (Lipinski definition) is 1. The van der Waals surface area contributed by atoms with Gasteiger partial charge in [-0.2, -0.15) is 0 Å². The summed E-state index contributed by atoms with van der Waals surface area (Å²) in [4.78, 5) is 2.08. The topological polar surface area (TPSA) is 23.5 Å². The van der Waals surface area contributed by atoms with Gasteiger partial charge < -0.3 is 10.0 Å². The van der Waals surface area contributed by atoms with Crippen molar-refractivity contribution in [3.05, 3.63) is 33.8 Å². The molecule has 1 aromatic carbocycles. The van der Waals surface area contributed by atoms with Crippen molar-refractivity contribution in [1.29, 1.82) is 0 Å². The van der Waals surface area contributed by atoms with E-state index in [1.54, 1.807) is 18.2 Å². The SMILES string of the molecule is CN1CCC(O)(c2cc(Cl)ccc2Cl)C1. The number of likely N-dealkylation sites (tertiary alicyclic amines) is 1. The van der Waals surface area contributed by atoms with Gasteiger partial charge in [0.1, 0.15) is 5.60 Å². The normalized spacial score (nSPS) is 27.2. The first-order valence-corrected chi connectivity index (χ1v) is 5.63. The van der Waals surface area contributed by atoms with Gasteiger partial charge in [0, 0.05) is 28.7 Å². The predicted molar refractivity (Wildman–Crippen MR) is 62.5 cm³/mol. The lowest BCUT2D eigenvalue weighted by atomic mass is 9.93. The molecule has 1 aliphatic rings. The Kier molecular flexibility index (Phi) is 2.95. The minimum Gasteiger partial charge on any atom is -0.384 e. The van der Waals surface area contributed by atoms with Crippen LogP contribution in [0.2, 0.25) is 10.0 Å². The van der Waals surface area contributed by atoms with Crippen molar-refractivity contribution in [2.45, 2.75) is 12.0 Å². The first-order valence-electron chi connectivity index (χ1n) is 4.88. The molecule has 0 aromatic heterocycles. The highest BCUT2D eigenvalue weighted by Crippen LogP contribution is 2.36. The standard InChI is InChI=1S/C11H13Cl2NO/c1-14-5-4-11(15,7-14)9-6-8(12)2-3-10(9)13/h2-3,6,15H,4-5,7H2,1H3. The Balaban J connectivity index is 2.40. The van der Waals surface area contributed by atoms with E-state index in [9.17, 15) is 5.11 Å². The maximum absolute atomic E-state index is 10.5. The number of halogens is 2. The largest absolute Gasteiger partial charge is 0.384 e. The molecule has 1 atom stereocenters. The van der Waals surface area contributed by atoms with E-state index >= 15 is 0 Å². The van der Waals surface area contributed by atoms with E-state index in [1.165, 1.54) is 0 Å². The molecule has 4 heteroatoms. The fourth-order valence-electron chi connectivity index (χ4n) is 2.05. The minimum absolute atomic E-state index is 0.581. The molecular weight excluding hydrogens is 233 g/mol. The van der Waals surface area contributed by atoms with Crippen LogP contribution in [0.1, 0.15) is 12.0 Å². The molecule has 1 fully saturated rings. The quantitative estimate of drug-likeness (QED) is 0.823. The van der Waals surface area contributed by atoms with E-state index in [1.807, 2.05) is 7.05 Å². The van der Waals surface area contributed by atoms with Gasteiger partial charge in [0.05, 0.1) is 0 Å². The Labute approximate surface area is 99.4 Å². The molecule has 0 amide bonds. The molecule has 15 heavy (non-hydrogen) atoms. The van der Waals surface area contributed by atoms with Crippen molar-refractivity contribution >= 4 is 23.2 Å². The summed E-state index contributed by atoms with van der Waals surface area (Å²) in [6, 6.07) is 5.22. The fraction of sp³-hybridized carbons (Fsp3) is 0.455. The summed E-state index contributed by atoms with van der Waals surface area (Å²) in [5, 5.41) is 11.6. The van der Waals surface area contributed by atoms with E-state index in [-0.39, 0.29) is 0 Å². The van der Waals surface area contributed by atoms with E-state index in [0.717, 1.165) is 12.1 Å². The minimum atomic E-state index is -0.850. The molecule has 1 saturated heterocycles. The first kappa shape index (κ1) is 11.2. The van der Waals surface area contributed by atoms with Gasteiger partial charge in [-0.15, -0.1) is 0 Å². The summed E-state index contributed by atoms with van der Waals surface area (Å²) in [6.07, 6.45) is 0.698. The predicted octanol–water partition coefficient (Wildman–Crippen LogP) is 2.52. The molecule has 2 rings (SSSR count). The Bertz CT molecular complexity index is 383. The van der Waals surface area contributed by atoms with Gasteiger partial charge in [-0.25, -0.2) is 0 Å². The van der Waals surface area contributed by atoms with Crippen molar-refractivity contribution in [1.82, 2.24) is 4.90 Å². The van der Waals surface area contributed by atoms with Gasteiger partial charge in [-0.3, -0.25) is 0 Å². The van der Waals surface area contributed by atoms with Crippen LogP contribution in [0.25, 0.3) is 0 Å². The Morgan fingerprint density at radius 1 is 1.40 bits per heavy atom. The van der Waals surface area contributed by atoms with E-state index < -0.39 is 5.60 Å². The lowest BCUT2D eigenvalue weighted by molar-refractivity contribution is 0.0490. The Morgan fingerprint density at radius 3 is 2.73 bits per heavy atom. The summed E-state index contributed by atoms with van der Waals surface area (Å²) in [7, 11) is 1.98. The molecule has 0 spiro atoms. The van der Waals surface area contributed by atoms with Crippen LogP contribution >= 0.6 is 23.2 Å². The average Bonchev–Trinajstić information content (AvgIpc) is 2.52. The van der Waals surface area contributed by atoms with Crippen molar-refractivity contribution < 1.29 is 5.11 Å². The third kappa shape index (κ3) is 2.13. The van der Waals surface area contributed by atoms with Gasteiger partial charge in [0.15, 0.2) is 0 Å². The molecule has 1 N–H and O–H groups in total. The Morgan fingerprint density at radius 2 is 2.13 bits per heavy atom. The van der Waals surface area contributed by atoms with Crippen molar-refractivity contribution in [3.8, 4) is 0 Å². The Hall–Kier alpha value is -0.280. The molecule has 0 saturated carbocycles. The lowest BCUT2D eigenvalue weighted by Gasteiger charge is -2.24. The van der Waals surface area contributed by atoms with Crippen LogP contribution in [0, 0.1) is 0 Å². The second kappa shape index (κ2) is 3.95. The second-order valence-electron chi connectivity index (χ2n) is 4.14. The molecular formula is C11H13Cl2NO. The van der Waals surface area contributed by atoms with Crippen molar-refractivity contribution in [2.24, 2.45) is 0 Å². The van der Waals surface area contributed by atoms with Crippen molar-refractivity contribution in [2.75, 3.05) is 20.1 Å². The van der Waals surface area contributed by atoms with E-state index in [0.29, 0.717) is 23.0 Å².